The quantitative estimate of drug-likeness (QED) is 0.761. The van der Waals surface area contributed by atoms with E-state index in [-0.39, 0.29) is 11.4 Å². The molecule has 3 aromatic rings. The van der Waals surface area contributed by atoms with Crippen molar-refractivity contribution in [2.75, 3.05) is 17.6 Å². The van der Waals surface area contributed by atoms with E-state index in [4.69, 9.17) is 17.3 Å². The summed E-state index contributed by atoms with van der Waals surface area (Å²) in [5.74, 6) is 1.56. The molecule has 7 nitrogen and oxygen atoms in total. The van der Waals surface area contributed by atoms with Crippen LogP contribution in [0.3, 0.4) is 0 Å². The summed E-state index contributed by atoms with van der Waals surface area (Å²) in [7, 11) is 0. The fraction of sp³-hybridized carbons (Fsp3) is 0.200. The number of nitriles is 1. The Morgan fingerprint density at radius 1 is 1.30 bits per heavy atom. The molecule has 2 heterocycles. The molecule has 3 N–H and O–H groups in total. The lowest BCUT2D eigenvalue weighted by Crippen LogP contribution is -2.12. The number of benzene rings is 1. The van der Waals surface area contributed by atoms with E-state index in [1.54, 1.807) is 6.92 Å². The van der Waals surface area contributed by atoms with Crippen molar-refractivity contribution in [3.8, 4) is 6.07 Å². The van der Waals surface area contributed by atoms with E-state index in [1.165, 1.54) is 4.52 Å². The number of anilines is 2. The molecule has 0 atom stereocenters. The van der Waals surface area contributed by atoms with Crippen LogP contribution in [0.1, 0.15) is 17.0 Å². The molecule has 0 unspecified atom stereocenters. The van der Waals surface area contributed by atoms with Crippen LogP contribution in [0.4, 0.5) is 11.6 Å². The zero-order chi connectivity index (χ0) is 16.4. The third kappa shape index (κ3) is 3.03. The summed E-state index contributed by atoms with van der Waals surface area (Å²) < 4.78 is 1.37. The number of hydrogen-bond acceptors (Lipinski definition) is 6. The summed E-state index contributed by atoms with van der Waals surface area (Å²) in [6.07, 6.45) is 0.764. The third-order valence-electron chi connectivity index (χ3n) is 3.36. The fourth-order valence-electron chi connectivity index (χ4n) is 2.24. The lowest BCUT2D eigenvalue weighted by atomic mass is 10.1. The van der Waals surface area contributed by atoms with E-state index in [0.717, 1.165) is 12.0 Å². The van der Waals surface area contributed by atoms with E-state index < -0.39 is 0 Å². The molecule has 0 aliphatic rings. The van der Waals surface area contributed by atoms with Crippen molar-refractivity contribution in [3.63, 3.8) is 0 Å². The molecular formula is C15H14ClN7. The summed E-state index contributed by atoms with van der Waals surface area (Å²) >= 11 is 5.87. The third-order valence-corrected chi connectivity index (χ3v) is 3.61. The van der Waals surface area contributed by atoms with Gasteiger partial charge in [0.15, 0.2) is 11.6 Å². The topological polar surface area (TPSA) is 105 Å². The first-order valence-electron chi connectivity index (χ1n) is 6.99. The molecule has 23 heavy (non-hydrogen) atoms. The van der Waals surface area contributed by atoms with Gasteiger partial charge in [0, 0.05) is 11.6 Å². The van der Waals surface area contributed by atoms with Crippen LogP contribution >= 0.6 is 11.6 Å². The van der Waals surface area contributed by atoms with Crippen molar-refractivity contribution >= 4 is 29.0 Å². The smallest absolute Gasteiger partial charge is 0.256 e. The molecule has 0 amide bonds. The minimum atomic E-state index is 0.229. The van der Waals surface area contributed by atoms with E-state index in [2.05, 4.69) is 26.5 Å². The molecule has 0 aliphatic heterocycles. The molecule has 0 aliphatic carbocycles. The van der Waals surface area contributed by atoms with Gasteiger partial charge in [-0.15, -0.1) is 5.10 Å². The summed E-state index contributed by atoms with van der Waals surface area (Å²) in [6.45, 7) is 2.35. The second-order valence-electron chi connectivity index (χ2n) is 5.01. The van der Waals surface area contributed by atoms with Crippen molar-refractivity contribution in [2.24, 2.45) is 0 Å². The van der Waals surface area contributed by atoms with Gasteiger partial charge in [-0.1, -0.05) is 23.7 Å². The molecule has 1 aromatic carbocycles. The van der Waals surface area contributed by atoms with Crippen LogP contribution in [0.5, 0.6) is 0 Å². The van der Waals surface area contributed by atoms with Gasteiger partial charge in [0.05, 0.1) is 0 Å². The highest BCUT2D eigenvalue weighted by Crippen LogP contribution is 2.20. The van der Waals surface area contributed by atoms with Crippen LogP contribution in [-0.2, 0) is 6.42 Å². The maximum absolute atomic E-state index is 9.33. The highest BCUT2D eigenvalue weighted by molar-refractivity contribution is 6.30. The number of nitrogens with one attached hydrogen (secondary N) is 1. The average Bonchev–Trinajstić information content (AvgIpc) is 2.90. The van der Waals surface area contributed by atoms with Gasteiger partial charge in [-0.05, 0) is 31.0 Å². The van der Waals surface area contributed by atoms with Crippen molar-refractivity contribution < 1.29 is 0 Å². The number of halogens is 1. The van der Waals surface area contributed by atoms with Crippen molar-refractivity contribution in [3.05, 3.63) is 46.2 Å². The first-order chi connectivity index (χ1) is 11.1. The first-order valence-corrected chi connectivity index (χ1v) is 7.37. The average molecular weight is 328 g/mol. The summed E-state index contributed by atoms with van der Waals surface area (Å²) in [4.78, 5) is 8.51. The Balaban J connectivity index is 1.82. The Hall–Kier alpha value is -2.85. The minimum absolute atomic E-state index is 0.229. The van der Waals surface area contributed by atoms with Gasteiger partial charge < -0.3 is 11.1 Å². The van der Waals surface area contributed by atoms with Crippen LogP contribution in [0.2, 0.25) is 5.02 Å². The predicted molar refractivity (Wildman–Crippen MR) is 88.3 cm³/mol. The maximum atomic E-state index is 9.33. The van der Waals surface area contributed by atoms with Gasteiger partial charge in [-0.2, -0.15) is 19.7 Å². The normalized spacial score (nSPS) is 10.7. The SMILES string of the molecule is Cc1nc2nc(NCCc3ccc(Cl)cc3)c(C#N)c(N)n2n1. The minimum Gasteiger partial charge on any atom is -0.382 e. The molecule has 8 heteroatoms. The number of aromatic nitrogens is 4. The molecule has 0 spiro atoms. The van der Waals surface area contributed by atoms with Crippen LogP contribution in [-0.4, -0.2) is 26.1 Å². The van der Waals surface area contributed by atoms with Gasteiger partial charge in [-0.3, -0.25) is 0 Å². The summed E-state index contributed by atoms with van der Waals surface area (Å²) in [5, 5.41) is 17.3. The molecule has 0 saturated heterocycles. The lowest BCUT2D eigenvalue weighted by Gasteiger charge is -2.09. The number of aryl methyl sites for hydroxylation is 1. The lowest BCUT2D eigenvalue weighted by molar-refractivity contribution is 0.920. The molecule has 116 valence electrons. The first kappa shape index (κ1) is 15.1. The Labute approximate surface area is 137 Å². The number of hydrogen-bond donors (Lipinski definition) is 2. The zero-order valence-electron chi connectivity index (χ0n) is 12.4. The Morgan fingerprint density at radius 2 is 2.04 bits per heavy atom. The van der Waals surface area contributed by atoms with E-state index >= 15 is 0 Å². The van der Waals surface area contributed by atoms with Crippen LogP contribution in [0.15, 0.2) is 24.3 Å². The fourth-order valence-corrected chi connectivity index (χ4v) is 2.36. The molecule has 0 saturated carbocycles. The summed E-state index contributed by atoms with van der Waals surface area (Å²) in [5.41, 5.74) is 7.38. The Morgan fingerprint density at radius 3 is 2.74 bits per heavy atom. The van der Waals surface area contributed by atoms with Gasteiger partial charge >= 0.3 is 0 Å². The Kier molecular flexibility index (Phi) is 4.00. The van der Waals surface area contributed by atoms with Crippen molar-refractivity contribution in [2.45, 2.75) is 13.3 Å². The number of nitrogens with two attached hydrogens (primary N) is 1. The van der Waals surface area contributed by atoms with Crippen molar-refractivity contribution in [1.82, 2.24) is 19.6 Å². The molecule has 0 fully saturated rings. The van der Waals surface area contributed by atoms with Gasteiger partial charge in [0.2, 0.25) is 0 Å². The second kappa shape index (κ2) is 6.10. The molecule has 0 radical (unpaired) electrons. The van der Waals surface area contributed by atoms with Crippen LogP contribution < -0.4 is 11.1 Å². The molecule has 0 bridgehead atoms. The van der Waals surface area contributed by atoms with Gasteiger partial charge in [-0.25, -0.2) is 0 Å². The molecule has 2 aromatic heterocycles. The number of rotatable bonds is 4. The zero-order valence-corrected chi connectivity index (χ0v) is 13.2. The van der Waals surface area contributed by atoms with E-state index in [0.29, 0.717) is 29.0 Å². The van der Waals surface area contributed by atoms with Gasteiger partial charge in [0.25, 0.3) is 5.78 Å². The van der Waals surface area contributed by atoms with E-state index in [9.17, 15) is 5.26 Å². The highest BCUT2D eigenvalue weighted by atomic mass is 35.5. The standard InChI is InChI=1S/C15H14ClN7/c1-9-20-15-21-14(12(8-17)13(18)23(15)22-9)19-7-6-10-2-4-11(16)5-3-10/h2-5H,6-7,18H2,1H3,(H,19,20,21,22). The monoisotopic (exact) mass is 327 g/mol. The molecular weight excluding hydrogens is 314 g/mol. The van der Waals surface area contributed by atoms with Crippen LogP contribution in [0, 0.1) is 18.3 Å². The van der Waals surface area contributed by atoms with Crippen molar-refractivity contribution in [1.29, 1.82) is 5.26 Å². The van der Waals surface area contributed by atoms with Gasteiger partial charge in [0.1, 0.15) is 17.5 Å². The number of nitrogen functional groups attached to an aromatic ring is 1. The van der Waals surface area contributed by atoms with E-state index in [1.807, 2.05) is 24.3 Å². The summed E-state index contributed by atoms with van der Waals surface area (Å²) in [6, 6.07) is 9.68. The van der Waals surface area contributed by atoms with Crippen LogP contribution in [0.25, 0.3) is 5.78 Å². The molecule has 3 rings (SSSR count). The highest BCUT2D eigenvalue weighted by Gasteiger charge is 2.15. The largest absolute Gasteiger partial charge is 0.382 e. The predicted octanol–water partition coefficient (Wildman–Crippen LogP) is 2.19. The number of nitrogens with zero attached hydrogens (tertiary/aromatic N) is 5. The second-order valence-corrected chi connectivity index (χ2v) is 5.44. The maximum Gasteiger partial charge on any atom is 0.256 e. The Bertz CT molecular complexity index is 893. The number of fused-ring (bicyclic) bond motifs is 1.